The molecular formula is C23H20N2O3. The lowest BCUT2D eigenvalue weighted by Gasteiger charge is -2.42. The number of amides is 2. The van der Waals surface area contributed by atoms with Crippen molar-refractivity contribution in [1.29, 1.82) is 0 Å². The summed E-state index contributed by atoms with van der Waals surface area (Å²) < 4.78 is 0. The van der Waals surface area contributed by atoms with E-state index in [1.54, 1.807) is 7.05 Å². The van der Waals surface area contributed by atoms with Gasteiger partial charge in [0.15, 0.2) is 5.78 Å². The summed E-state index contributed by atoms with van der Waals surface area (Å²) in [6, 6.07) is 15.8. The van der Waals surface area contributed by atoms with Crippen LogP contribution in [-0.2, 0) is 29.0 Å². The summed E-state index contributed by atoms with van der Waals surface area (Å²) >= 11 is 0. The van der Waals surface area contributed by atoms with E-state index in [0.29, 0.717) is 24.9 Å². The van der Waals surface area contributed by atoms with Crippen LogP contribution in [0.5, 0.6) is 0 Å². The van der Waals surface area contributed by atoms with Gasteiger partial charge >= 0.3 is 0 Å². The quantitative estimate of drug-likeness (QED) is 0.662. The van der Waals surface area contributed by atoms with Gasteiger partial charge in [-0.05, 0) is 29.5 Å². The van der Waals surface area contributed by atoms with Crippen molar-refractivity contribution in [2.24, 2.45) is 11.8 Å². The van der Waals surface area contributed by atoms with Crippen LogP contribution in [0, 0.1) is 11.8 Å². The molecule has 4 atom stereocenters. The average Bonchev–Trinajstić information content (AvgIpc) is 3.25. The maximum absolute atomic E-state index is 13.8. The second-order valence-corrected chi connectivity index (χ2v) is 8.49. The molecular weight excluding hydrogens is 352 g/mol. The van der Waals surface area contributed by atoms with E-state index in [1.165, 1.54) is 16.0 Å². The minimum absolute atomic E-state index is 0.0106. The zero-order valence-corrected chi connectivity index (χ0v) is 15.6. The van der Waals surface area contributed by atoms with Crippen molar-refractivity contribution in [3.8, 4) is 0 Å². The third-order valence-corrected chi connectivity index (χ3v) is 7.42. The van der Waals surface area contributed by atoms with Gasteiger partial charge in [-0.3, -0.25) is 24.2 Å². The SMILES string of the molecule is CN1C(=O)[C@H]2[C@@H](C1=O)[C@@]1(Cc3ccccc3C1=O)N1Cc3ccccc3C[C@@H]21. The van der Waals surface area contributed by atoms with Crippen molar-refractivity contribution in [3.63, 3.8) is 0 Å². The summed E-state index contributed by atoms with van der Waals surface area (Å²) in [4.78, 5) is 43.5. The van der Waals surface area contributed by atoms with Crippen molar-refractivity contribution >= 4 is 17.6 Å². The lowest BCUT2D eigenvalue weighted by Crippen LogP contribution is -2.58. The molecule has 0 radical (unpaired) electrons. The fraction of sp³-hybridized carbons (Fsp3) is 0.348. The van der Waals surface area contributed by atoms with Crippen LogP contribution in [0.3, 0.4) is 0 Å². The number of Topliss-reactive ketones (excluding diaryl/α,β-unsaturated/α-hetero) is 1. The molecule has 4 aliphatic rings. The zero-order chi connectivity index (χ0) is 19.2. The summed E-state index contributed by atoms with van der Waals surface area (Å²) in [6.07, 6.45) is 1.21. The highest BCUT2D eigenvalue weighted by atomic mass is 16.2. The Labute approximate surface area is 162 Å². The molecule has 28 heavy (non-hydrogen) atoms. The number of carbonyl (C=O) groups excluding carboxylic acids is 3. The van der Waals surface area contributed by atoms with Gasteiger partial charge in [0.2, 0.25) is 11.8 Å². The topological polar surface area (TPSA) is 57.7 Å². The first-order valence-electron chi connectivity index (χ1n) is 9.81. The Hall–Kier alpha value is -2.79. The average molecular weight is 372 g/mol. The number of likely N-dealkylation sites (tertiary alicyclic amines) is 1. The van der Waals surface area contributed by atoms with Crippen molar-refractivity contribution < 1.29 is 14.4 Å². The van der Waals surface area contributed by atoms with Gasteiger partial charge in [-0.2, -0.15) is 0 Å². The molecule has 2 aromatic rings. The van der Waals surface area contributed by atoms with Crippen molar-refractivity contribution in [2.45, 2.75) is 31.0 Å². The molecule has 3 heterocycles. The third kappa shape index (κ3) is 1.69. The second-order valence-electron chi connectivity index (χ2n) is 8.49. The van der Waals surface area contributed by atoms with Crippen LogP contribution in [0.15, 0.2) is 48.5 Å². The highest BCUT2D eigenvalue weighted by Gasteiger charge is 2.72. The fourth-order valence-electron chi connectivity index (χ4n) is 6.19. The molecule has 2 saturated heterocycles. The largest absolute Gasteiger partial charge is 0.292 e. The standard InChI is InChI=1S/C23H20N2O3/c1-24-21(27)18-17-10-13-6-2-3-8-15(13)12-25(17)23(19(18)22(24)28)11-14-7-4-5-9-16(14)20(23)26/h2-9,17-19H,10-12H2,1H3/t17-,18+,19-,23+/m0/s1. The van der Waals surface area contributed by atoms with E-state index >= 15 is 0 Å². The number of nitrogens with zero attached hydrogens (tertiary/aromatic N) is 2. The fourth-order valence-corrected chi connectivity index (χ4v) is 6.19. The minimum atomic E-state index is -0.940. The Morgan fingerprint density at radius 2 is 1.57 bits per heavy atom. The number of carbonyl (C=O) groups is 3. The van der Waals surface area contributed by atoms with Gasteiger partial charge in [0.05, 0.1) is 11.8 Å². The van der Waals surface area contributed by atoms with Crippen LogP contribution in [0.4, 0.5) is 0 Å². The van der Waals surface area contributed by atoms with Crippen LogP contribution in [0.2, 0.25) is 0 Å². The number of hydrogen-bond donors (Lipinski definition) is 0. The molecule has 6 rings (SSSR count). The summed E-state index contributed by atoms with van der Waals surface area (Å²) in [5.74, 6) is -1.36. The van der Waals surface area contributed by atoms with Crippen molar-refractivity contribution in [1.82, 2.24) is 9.80 Å². The maximum atomic E-state index is 13.8. The van der Waals surface area contributed by atoms with E-state index < -0.39 is 17.4 Å². The highest BCUT2D eigenvalue weighted by molar-refractivity contribution is 6.15. The van der Waals surface area contributed by atoms with E-state index in [1.807, 2.05) is 36.4 Å². The Kier molecular flexibility index (Phi) is 2.99. The number of imide groups is 1. The van der Waals surface area contributed by atoms with Gasteiger partial charge in [0, 0.05) is 25.2 Å². The van der Waals surface area contributed by atoms with Gasteiger partial charge in [-0.25, -0.2) is 0 Å². The molecule has 1 aliphatic carbocycles. The Balaban J connectivity index is 1.57. The third-order valence-electron chi connectivity index (χ3n) is 7.42. The van der Waals surface area contributed by atoms with Crippen LogP contribution in [0.1, 0.15) is 27.0 Å². The molecule has 5 nitrogen and oxygen atoms in total. The first-order chi connectivity index (χ1) is 13.5. The summed E-state index contributed by atoms with van der Waals surface area (Å²) in [7, 11) is 1.56. The molecule has 1 spiro atoms. The first kappa shape index (κ1) is 16.2. The first-order valence-corrected chi connectivity index (χ1v) is 9.81. The number of fused-ring (bicyclic) bond motifs is 7. The zero-order valence-electron chi connectivity index (χ0n) is 15.6. The Morgan fingerprint density at radius 3 is 2.32 bits per heavy atom. The van der Waals surface area contributed by atoms with Crippen LogP contribution in [0.25, 0.3) is 0 Å². The molecule has 140 valence electrons. The lowest BCUT2D eigenvalue weighted by atomic mass is 9.77. The molecule has 2 amide bonds. The molecule has 5 heteroatoms. The van der Waals surface area contributed by atoms with Crippen LogP contribution in [-0.4, -0.2) is 46.0 Å². The van der Waals surface area contributed by atoms with Gasteiger partial charge in [-0.1, -0.05) is 48.5 Å². The molecule has 2 fully saturated rings. The van der Waals surface area contributed by atoms with Crippen molar-refractivity contribution in [3.05, 3.63) is 70.8 Å². The summed E-state index contributed by atoms with van der Waals surface area (Å²) in [5, 5.41) is 0. The Morgan fingerprint density at radius 1 is 0.893 bits per heavy atom. The van der Waals surface area contributed by atoms with E-state index in [0.717, 1.165) is 5.56 Å². The predicted octanol–water partition coefficient (Wildman–Crippen LogP) is 1.84. The predicted molar refractivity (Wildman–Crippen MR) is 101 cm³/mol. The molecule has 0 N–H and O–H groups in total. The molecule has 3 aliphatic heterocycles. The van der Waals surface area contributed by atoms with Crippen LogP contribution < -0.4 is 0 Å². The smallest absolute Gasteiger partial charge is 0.235 e. The highest BCUT2D eigenvalue weighted by Crippen LogP contribution is 2.56. The van der Waals surface area contributed by atoms with Crippen LogP contribution >= 0.6 is 0 Å². The Bertz CT molecular complexity index is 1080. The number of benzene rings is 2. The molecule has 0 saturated carbocycles. The van der Waals surface area contributed by atoms with Crippen molar-refractivity contribution in [2.75, 3.05) is 7.05 Å². The second kappa shape index (κ2) is 5.17. The monoisotopic (exact) mass is 372 g/mol. The lowest BCUT2D eigenvalue weighted by molar-refractivity contribution is -0.140. The summed E-state index contributed by atoms with van der Waals surface area (Å²) in [5.41, 5.74) is 3.16. The molecule has 0 bridgehead atoms. The number of rotatable bonds is 0. The van der Waals surface area contributed by atoms with E-state index in [2.05, 4.69) is 17.0 Å². The van der Waals surface area contributed by atoms with E-state index in [4.69, 9.17) is 0 Å². The van der Waals surface area contributed by atoms with Gasteiger partial charge in [-0.15, -0.1) is 0 Å². The molecule has 0 aromatic heterocycles. The van der Waals surface area contributed by atoms with E-state index in [-0.39, 0.29) is 23.6 Å². The molecule has 0 unspecified atom stereocenters. The molecule has 2 aromatic carbocycles. The maximum Gasteiger partial charge on any atom is 0.235 e. The number of hydrogen-bond acceptors (Lipinski definition) is 4. The minimum Gasteiger partial charge on any atom is -0.292 e. The van der Waals surface area contributed by atoms with E-state index in [9.17, 15) is 14.4 Å². The normalized spacial score (nSPS) is 33.2. The summed E-state index contributed by atoms with van der Waals surface area (Å²) in [6.45, 7) is 0.609. The van der Waals surface area contributed by atoms with Gasteiger partial charge in [0.25, 0.3) is 0 Å². The number of ketones is 1. The van der Waals surface area contributed by atoms with Gasteiger partial charge < -0.3 is 0 Å². The van der Waals surface area contributed by atoms with Gasteiger partial charge in [0.1, 0.15) is 5.54 Å².